The summed E-state index contributed by atoms with van der Waals surface area (Å²) < 4.78 is 32.8. The monoisotopic (exact) mass is 506 g/mol. The van der Waals surface area contributed by atoms with Crippen LogP contribution < -0.4 is 10.0 Å². The first kappa shape index (κ1) is 24.3. The lowest BCUT2D eigenvalue weighted by atomic mass is 9.84. The number of sulfonamides is 1. The number of phenolic OH excluding ortho intramolecular Hbond substituents is 1. The van der Waals surface area contributed by atoms with Gasteiger partial charge in [0.05, 0.1) is 4.90 Å². The van der Waals surface area contributed by atoms with Crippen LogP contribution in [0, 0.1) is 17.8 Å². The van der Waals surface area contributed by atoms with Crippen LogP contribution >= 0.6 is 11.6 Å². The molecule has 34 heavy (non-hydrogen) atoms. The molecular formula is C24H27ClN2O6S. The van der Waals surface area contributed by atoms with Crippen molar-refractivity contribution in [3.8, 4) is 5.75 Å². The van der Waals surface area contributed by atoms with E-state index in [2.05, 4.69) is 10.0 Å². The molecule has 2 fully saturated rings. The average Bonchev–Trinajstić information content (AvgIpc) is 3.43. The molecule has 182 valence electrons. The number of hydrogen-bond donors (Lipinski definition) is 3. The van der Waals surface area contributed by atoms with Gasteiger partial charge < -0.3 is 15.2 Å². The van der Waals surface area contributed by atoms with Crippen molar-refractivity contribution in [2.75, 3.05) is 11.3 Å². The first-order chi connectivity index (χ1) is 16.1. The average molecular weight is 507 g/mol. The molecule has 3 N–H and O–H groups in total. The van der Waals surface area contributed by atoms with Gasteiger partial charge in [-0.25, -0.2) is 13.2 Å². The Morgan fingerprint density at radius 2 is 1.88 bits per heavy atom. The van der Waals surface area contributed by atoms with Gasteiger partial charge in [-0.3, -0.25) is 9.52 Å². The summed E-state index contributed by atoms with van der Waals surface area (Å²) in [6, 6.07) is 9.29. The maximum absolute atomic E-state index is 12.7. The molecule has 0 saturated heterocycles. The quantitative estimate of drug-likeness (QED) is 0.466. The fourth-order valence-electron chi connectivity index (χ4n) is 5.10. The highest BCUT2D eigenvalue weighted by molar-refractivity contribution is 7.92. The number of halogens is 1. The van der Waals surface area contributed by atoms with Crippen LogP contribution in [0.1, 0.15) is 43.0 Å². The van der Waals surface area contributed by atoms with Crippen molar-refractivity contribution in [3.05, 3.63) is 53.1 Å². The maximum Gasteiger partial charge on any atom is 0.342 e. The van der Waals surface area contributed by atoms with Gasteiger partial charge in [-0.15, -0.1) is 0 Å². The van der Waals surface area contributed by atoms with Crippen LogP contribution in [0.5, 0.6) is 5.75 Å². The van der Waals surface area contributed by atoms with Crippen LogP contribution in [0.4, 0.5) is 5.69 Å². The zero-order valence-corrected chi connectivity index (χ0v) is 20.2. The Kier molecular flexibility index (Phi) is 7.04. The number of phenols is 1. The molecule has 2 saturated carbocycles. The lowest BCUT2D eigenvalue weighted by Crippen LogP contribution is -2.42. The molecule has 0 spiro atoms. The maximum atomic E-state index is 12.7. The lowest BCUT2D eigenvalue weighted by Gasteiger charge is -2.28. The van der Waals surface area contributed by atoms with E-state index in [4.69, 9.17) is 16.3 Å². The summed E-state index contributed by atoms with van der Waals surface area (Å²) >= 11 is 5.82. The molecule has 10 heteroatoms. The standard InChI is InChI=1S/C24H27ClN2O6S/c1-14(20-11-15-2-3-16(20)10-15)26-23(29)13-33-24(30)21-12-19(8-9-22(21)28)34(31,32)27-18-6-4-17(25)5-7-18/h4-9,12,14-16,20,27-28H,2-3,10-11,13H2,1H3,(H,26,29)/t14-,15+,16+,20+/m1/s1. The van der Waals surface area contributed by atoms with E-state index in [1.54, 1.807) is 0 Å². The van der Waals surface area contributed by atoms with E-state index in [-0.39, 0.29) is 22.2 Å². The molecule has 1 amide bonds. The Labute approximate surface area is 203 Å². The van der Waals surface area contributed by atoms with E-state index in [1.807, 2.05) is 6.92 Å². The second-order valence-electron chi connectivity index (χ2n) is 9.06. The third-order valence-electron chi connectivity index (χ3n) is 6.75. The predicted molar refractivity (Wildman–Crippen MR) is 127 cm³/mol. The number of esters is 1. The van der Waals surface area contributed by atoms with Crippen LogP contribution in [0.3, 0.4) is 0 Å². The van der Waals surface area contributed by atoms with Crippen LogP contribution in [-0.4, -0.2) is 38.0 Å². The minimum absolute atomic E-state index is 0.0117. The summed E-state index contributed by atoms with van der Waals surface area (Å²) in [6.07, 6.45) is 4.82. The van der Waals surface area contributed by atoms with E-state index >= 15 is 0 Å². The molecule has 4 atom stereocenters. The van der Waals surface area contributed by atoms with Crippen molar-refractivity contribution >= 4 is 39.2 Å². The summed E-state index contributed by atoms with van der Waals surface area (Å²) in [7, 11) is -4.05. The van der Waals surface area contributed by atoms with Gasteiger partial charge in [-0.05, 0) is 86.4 Å². The van der Waals surface area contributed by atoms with E-state index in [0.717, 1.165) is 30.5 Å². The van der Waals surface area contributed by atoms with Gasteiger partial charge in [0.1, 0.15) is 11.3 Å². The minimum atomic E-state index is -4.05. The molecule has 2 aromatic rings. The molecule has 2 aliphatic carbocycles. The fraction of sp³-hybridized carbons (Fsp3) is 0.417. The number of nitrogens with one attached hydrogen (secondary N) is 2. The molecule has 2 aliphatic rings. The highest BCUT2D eigenvalue weighted by atomic mass is 35.5. The molecule has 8 nitrogen and oxygen atoms in total. The third-order valence-corrected chi connectivity index (χ3v) is 8.38. The second-order valence-corrected chi connectivity index (χ2v) is 11.2. The number of rotatable bonds is 8. The van der Waals surface area contributed by atoms with Crippen LogP contribution in [0.2, 0.25) is 5.02 Å². The van der Waals surface area contributed by atoms with Crippen LogP contribution in [-0.2, 0) is 19.6 Å². The molecule has 2 bridgehead atoms. The van der Waals surface area contributed by atoms with Crippen LogP contribution in [0.15, 0.2) is 47.4 Å². The SMILES string of the molecule is C[C@@H](NC(=O)COC(=O)c1cc(S(=O)(=O)Nc2ccc(Cl)cc2)ccc1O)[C@@H]1C[C@H]2CC[C@H]1C2. The summed E-state index contributed by atoms with van der Waals surface area (Å²) in [4.78, 5) is 24.6. The molecule has 0 aromatic heterocycles. The number of ether oxygens (including phenoxy) is 1. The Morgan fingerprint density at radius 3 is 2.53 bits per heavy atom. The van der Waals surface area contributed by atoms with E-state index in [9.17, 15) is 23.1 Å². The Hall–Kier alpha value is -2.78. The van der Waals surface area contributed by atoms with E-state index in [1.165, 1.54) is 43.5 Å². The van der Waals surface area contributed by atoms with Crippen molar-refractivity contribution in [3.63, 3.8) is 0 Å². The highest BCUT2D eigenvalue weighted by Crippen LogP contribution is 2.49. The largest absolute Gasteiger partial charge is 0.507 e. The van der Waals surface area contributed by atoms with Crippen molar-refractivity contribution in [1.29, 1.82) is 0 Å². The number of fused-ring (bicyclic) bond motifs is 2. The summed E-state index contributed by atoms with van der Waals surface area (Å²) in [5, 5.41) is 13.4. The third kappa shape index (κ3) is 5.47. The Morgan fingerprint density at radius 1 is 1.15 bits per heavy atom. The summed E-state index contributed by atoms with van der Waals surface area (Å²) in [5.41, 5.74) is -0.0733. The van der Waals surface area contributed by atoms with Crippen molar-refractivity contribution in [2.45, 2.75) is 43.5 Å². The van der Waals surface area contributed by atoms with E-state index in [0.29, 0.717) is 16.9 Å². The van der Waals surface area contributed by atoms with Gasteiger partial charge in [-0.1, -0.05) is 18.0 Å². The summed E-state index contributed by atoms with van der Waals surface area (Å²) in [6.45, 7) is 1.45. The lowest BCUT2D eigenvalue weighted by molar-refractivity contribution is -0.125. The first-order valence-corrected chi connectivity index (χ1v) is 13.1. The van der Waals surface area contributed by atoms with Crippen molar-refractivity contribution in [2.24, 2.45) is 17.8 Å². The minimum Gasteiger partial charge on any atom is -0.507 e. The second kappa shape index (κ2) is 9.84. The van der Waals surface area contributed by atoms with Crippen molar-refractivity contribution in [1.82, 2.24) is 5.32 Å². The van der Waals surface area contributed by atoms with Gasteiger partial charge >= 0.3 is 5.97 Å². The molecule has 0 aliphatic heterocycles. The first-order valence-electron chi connectivity index (χ1n) is 11.2. The zero-order chi connectivity index (χ0) is 24.5. The Balaban J connectivity index is 1.36. The topological polar surface area (TPSA) is 122 Å². The Bertz CT molecular complexity index is 1180. The molecule has 0 unspecified atom stereocenters. The fourth-order valence-corrected chi connectivity index (χ4v) is 6.31. The smallest absolute Gasteiger partial charge is 0.342 e. The molecule has 0 radical (unpaired) electrons. The van der Waals surface area contributed by atoms with Gasteiger partial charge in [0, 0.05) is 16.8 Å². The molecule has 4 rings (SSSR count). The summed E-state index contributed by atoms with van der Waals surface area (Å²) in [5.74, 6) is -0.0393. The number of carbonyl (C=O) groups is 2. The number of carbonyl (C=O) groups excluding carboxylic acids is 2. The van der Waals surface area contributed by atoms with Crippen LogP contribution in [0.25, 0.3) is 0 Å². The highest BCUT2D eigenvalue weighted by Gasteiger charge is 2.42. The van der Waals surface area contributed by atoms with Gasteiger partial charge in [-0.2, -0.15) is 0 Å². The number of hydrogen-bond acceptors (Lipinski definition) is 6. The number of benzene rings is 2. The molecule has 2 aromatic carbocycles. The number of amides is 1. The molecular weight excluding hydrogens is 480 g/mol. The van der Waals surface area contributed by atoms with Gasteiger partial charge in [0.15, 0.2) is 6.61 Å². The zero-order valence-electron chi connectivity index (χ0n) is 18.7. The number of aromatic hydroxyl groups is 1. The molecule has 0 heterocycles. The predicted octanol–water partition coefficient (Wildman–Crippen LogP) is 3.94. The van der Waals surface area contributed by atoms with Gasteiger partial charge in [0.2, 0.25) is 0 Å². The van der Waals surface area contributed by atoms with Crippen molar-refractivity contribution < 1.29 is 27.9 Å². The van der Waals surface area contributed by atoms with E-state index < -0.39 is 34.3 Å². The number of anilines is 1. The van der Waals surface area contributed by atoms with Gasteiger partial charge in [0.25, 0.3) is 15.9 Å². The normalized spacial score (nSPS) is 22.2.